The highest BCUT2D eigenvalue weighted by molar-refractivity contribution is 5.39. The number of unbranched alkanes of at least 4 members (excludes halogenated alkanes) is 4. The molecule has 1 aromatic rings. The number of hydrogen-bond acceptors (Lipinski definition) is 2. The Bertz CT molecular complexity index is 308. The van der Waals surface area contributed by atoms with Crippen molar-refractivity contribution in [3.05, 3.63) is 23.8 Å². The van der Waals surface area contributed by atoms with Gasteiger partial charge < -0.3 is 9.84 Å². The number of aryl methyl sites for hydroxylation is 1. The second-order valence-corrected chi connectivity index (χ2v) is 4.16. The molecule has 1 aromatic carbocycles. The number of aromatic hydroxyl groups is 1. The first kappa shape index (κ1) is 12.9. The van der Waals surface area contributed by atoms with Gasteiger partial charge >= 0.3 is 0 Å². The Labute approximate surface area is 98.3 Å². The van der Waals surface area contributed by atoms with Gasteiger partial charge in [0.1, 0.15) is 11.5 Å². The summed E-state index contributed by atoms with van der Waals surface area (Å²) in [5, 5.41) is 9.75. The number of benzene rings is 1. The molecule has 0 fully saturated rings. The third-order valence-corrected chi connectivity index (χ3v) is 2.84. The number of ether oxygens (including phenoxy) is 1. The van der Waals surface area contributed by atoms with E-state index < -0.39 is 0 Å². The molecular weight excluding hydrogens is 200 g/mol. The predicted octanol–water partition coefficient (Wildman–Crippen LogP) is 3.91. The van der Waals surface area contributed by atoms with Crippen LogP contribution < -0.4 is 4.74 Å². The smallest absolute Gasteiger partial charge is 0.122 e. The van der Waals surface area contributed by atoms with Gasteiger partial charge in [-0.1, -0.05) is 38.7 Å². The fourth-order valence-electron chi connectivity index (χ4n) is 1.80. The van der Waals surface area contributed by atoms with Crippen LogP contribution in [0.2, 0.25) is 0 Å². The van der Waals surface area contributed by atoms with Gasteiger partial charge in [0, 0.05) is 6.07 Å². The third kappa shape index (κ3) is 4.13. The predicted molar refractivity (Wildman–Crippen MR) is 67.1 cm³/mol. The number of rotatable bonds is 7. The van der Waals surface area contributed by atoms with E-state index in [2.05, 4.69) is 6.92 Å². The minimum absolute atomic E-state index is 0.356. The molecule has 0 amide bonds. The van der Waals surface area contributed by atoms with Gasteiger partial charge in [-0.15, -0.1) is 0 Å². The lowest BCUT2D eigenvalue weighted by Crippen LogP contribution is -1.89. The van der Waals surface area contributed by atoms with E-state index in [9.17, 15) is 5.11 Å². The molecule has 0 aliphatic carbocycles. The van der Waals surface area contributed by atoms with Crippen LogP contribution in [-0.2, 0) is 6.42 Å². The summed E-state index contributed by atoms with van der Waals surface area (Å²) in [5.74, 6) is 1.07. The molecule has 0 aromatic heterocycles. The summed E-state index contributed by atoms with van der Waals surface area (Å²) in [6.07, 6.45) is 7.24. The molecule has 1 N–H and O–H groups in total. The van der Waals surface area contributed by atoms with Gasteiger partial charge in [-0.3, -0.25) is 0 Å². The minimum Gasteiger partial charge on any atom is -0.508 e. The highest BCUT2D eigenvalue weighted by atomic mass is 16.5. The van der Waals surface area contributed by atoms with Crippen molar-refractivity contribution in [1.82, 2.24) is 0 Å². The van der Waals surface area contributed by atoms with Gasteiger partial charge in [0.2, 0.25) is 0 Å². The zero-order chi connectivity index (χ0) is 11.8. The highest BCUT2D eigenvalue weighted by Gasteiger charge is 2.02. The van der Waals surface area contributed by atoms with Gasteiger partial charge in [0.15, 0.2) is 0 Å². The molecule has 0 bridgehead atoms. The normalized spacial score (nSPS) is 10.4. The zero-order valence-electron chi connectivity index (χ0n) is 10.3. The first-order chi connectivity index (χ1) is 7.77. The number of phenolic OH excluding ortho intramolecular Hbond substituents is 1. The van der Waals surface area contributed by atoms with Crippen LogP contribution in [0.15, 0.2) is 18.2 Å². The van der Waals surface area contributed by atoms with Crippen LogP contribution in [-0.4, -0.2) is 12.2 Å². The van der Waals surface area contributed by atoms with E-state index in [1.54, 1.807) is 13.2 Å². The summed E-state index contributed by atoms with van der Waals surface area (Å²) < 4.78 is 5.05. The lowest BCUT2D eigenvalue weighted by atomic mass is 10.0. The van der Waals surface area contributed by atoms with Crippen LogP contribution >= 0.6 is 0 Å². The maximum atomic E-state index is 9.75. The number of methoxy groups -OCH3 is 1. The summed E-state index contributed by atoms with van der Waals surface area (Å²) in [5.41, 5.74) is 1.03. The minimum atomic E-state index is 0.356. The van der Waals surface area contributed by atoms with E-state index >= 15 is 0 Å². The van der Waals surface area contributed by atoms with E-state index in [4.69, 9.17) is 4.74 Å². The van der Waals surface area contributed by atoms with Crippen molar-refractivity contribution in [3.63, 3.8) is 0 Å². The fourth-order valence-corrected chi connectivity index (χ4v) is 1.80. The Kier molecular flexibility index (Phi) is 5.76. The second-order valence-electron chi connectivity index (χ2n) is 4.16. The lowest BCUT2D eigenvalue weighted by Gasteiger charge is -2.06. The zero-order valence-corrected chi connectivity index (χ0v) is 10.3. The van der Waals surface area contributed by atoms with E-state index in [0.29, 0.717) is 11.5 Å². The first-order valence-corrected chi connectivity index (χ1v) is 6.13. The molecule has 0 aliphatic rings. The average molecular weight is 222 g/mol. The molecule has 90 valence electrons. The molecule has 2 nitrogen and oxygen atoms in total. The van der Waals surface area contributed by atoms with Crippen LogP contribution in [0, 0.1) is 0 Å². The van der Waals surface area contributed by atoms with E-state index in [1.807, 2.05) is 12.1 Å². The lowest BCUT2D eigenvalue weighted by molar-refractivity contribution is 0.406. The molecular formula is C14H22O2. The van der Waals surface area contributed by atoms with Crippen molar-refractivity contribution in [2.75, 3.05) is 7.11 Å². The molecule has 0 aliphatic heterocycles. The molecule has 0 atom stereocenters. The van der Waals surface area contributed by atoms with Crippen molar-refractivity contribution in [2.24, 2.45) is 0 Å². The Morgan fingerprint density at radius 1 is 1.12 bits per heavy atom. The topological polar surface area (TPSA) is 29.5 Å². The van der Waals surface area contributed by atoms with Gasteiger partial charge in [0.25, 0.3) is 0 Å². The summed E-state index contributed by atoms with van der Waals surface area (Å²) in [6, 6.07) is 5.54. The highest BCUT2D eigenvalue weighted by Crippen LogP contribution is 2.24. The standard InChI is InChI=1S/C14H22O2/c1-3-4-5-6-7-8-12-9-10-13(16-2)11-14(12)15/h9-11,15H,3-8H2,1-2H3. The van der Waals surface area contributed by atoms with Crippen molar-refractivity contribution in [1.29, 1.82) is 0 Å². The first-order valence-electron chi connectivity index (χ1n) is 6.13. The van der Waals surface area contributed by atoms with Gasteiger partial charge in [-0.05, 0) is 24.5 Å². The van der Waals surface area contributed by atoms with Crippen molar-refractivity contribution in [2.45, 2.75) is 45.4 Å². The maximum Gasteiger partial charge on any atom is 0.122 e. The second kappa shape index (κ2) is 7.15. The number of phenols is 1. The quantitative estimate of drug-likeness (QED) is 0.709. The van der Waals surface area contributed by atoms with E-state index in [0.717, 1.165) is 18.4 Å². The maximum absolute atomic E-state index is 9.75. The van der Waals surface area contributed by atoms with E-state index in [1.165, 1.54) is 25.7 Å². The van der Waals surface area contributed by atoms with Crippen LogP contribution in [0.1, 0.15) is 44.6 Å². The molecule has 0 saturated heterocycles. The summed E-state index contributed by atoms with van der Waals surface area (Å²) in [7, 11) is 1.61. The monoisotopic (exact) mass is 222 g/mol. The molecule has 0 saturated carbocycles. The third-order valence-electron chi connectivity index (χ3n) is 2.84. The Morgan fingerprint density at radius 3 is 2.50 bits per heavy atom. The Balaban J connectivity index is 2.36. The molecule has 0 heterocycles. The van der Waals surface area contributed by atoms with Gasteiger partial charge in [-0.2, -0.15) is 0 Å². The molecule has 0 spiro atoms. The Morgan fingerprint density at radius 2 is 1.88 bits per heavy atom. The molecule has 1 rings (SSSR count). The molecule has 0 radical (unpaired) electrons. The van der Waals surface area contributed by atoms with Crippen LogP contribution in [0.25, 0.3) is 0 Å². The molecule has 0 unspecified atom stereocenters. The summed E-state index contributed by atoms with van der Waals surface area (Å²) in [4.78, 5) is 0. The summed E-state index contributed by atoms with van der Waals surface area (Å²) >= 11 is 0. The van der Waals surface area contributed by atoms with Gasteiger partial charge in [0.05, 0.1) is 7.11 Å². The van der Waals surface area contributed by atoms with Crippen LogP contribution in [0.3, 0.4) is 0 Å². The van der Waals surface area contributed by atoms with Crippen LogP contribution in [0.4, 0.5) is 0 Å². The Hall–Kier alpha value is -1.18. The van der Waals surface area contributed by atoms with Crippen LogP contribution in [0.5, 0.6) is 11.5 Å². The summed E-state index contributed by atoms with van der Waals surface area (Å²) in [6.45, 7) is 2.22. The largest absolute Gasteiger partial charge is 0.508 e. The van der Waals surface area contributed by atoms with Crippen molar-refractivity contribution < 1.29 is 9.84 Å². The number of hydrogen-bond donors (Lipinski definition) is 1. The van der Waals surface area contributed by atoms with Crippen molar-refractivity contribution in [3.8, 4) is 11.5 Å². The SMILES string of the molecule is CCCCCCCc1ccc(OC)cc1O. The van der Waals surface area contributed by atoms with Gasteiger partial charge in [-0.25, -0.2) is 0 Å². The van der Waals surface area contributed by atoms with E-state index in [-0.39, 0.29) is 0 Å². The fraction of sp³-hybridized carbons (Fsp3) is 0.571. The molecule has 16 heavy (non-hydrogen) atoms. The average Bonchev–Trinajstić information content (AvgIpc) is 2.30. The molecule has 2 heteroatoms. The van der Waals surface area contributed by atoms with Crippen molar-refractivity contribution >= 4 is 0 Å².